The molecule has 2 aromatic rings. The highest BCUT2D eigenvalue weighted by molar-refractivity contribution is 6.31. The monoisotopic (exact) mass is 234 g/mol. The normalized spacial score (nSPS) is 10.9. The predicted octanol–water partition coefficient (Wildman–Crippen LogP) is 3.62. The zero-order chi connectivity index (χ0) is 11.4. The molecule has 0 radical (unpaired) electrons. The smallest absolute Gasteiger partial charge is 0.141 e. The second-order valence-corrected chi connectivity index (χ2v) is 3.55. The summed E-state index contributed by atoms with van der Waals surface area (Å²) in [6.45, 7) is 0. The number of nitrogens with zero attached hydrogens (tertiary/aromatic N) is 2. The molecule has 1 aromatic carbocycles. The van der Waals surface area contributed by atoms with E-state index in [0.717, 1.165) is 5.56 Å². The minimum Gasteiger partial charge on any atom is -0.264 e. The van der Waals surface area contributed by atoms with Crippen LogP contribution in [0.2, 0.25) is 5.02 Å². The lowest BCUT2D eigenvalue weighted by atomic mass is 10.3. The van der Waals surface area contributed by atoms with Gasteiger partial charge < -0.3 is 0 Å². The van der Waals surface area contributed by atoms with E-state index < -0.39 is 5.82 Å². The van der Waals surface area contributed by atoms with Gasteiger partial charge in [-0.3, -0.25) is 9.98 Å². The van der Waals surface area contributed by atoms with Crippen LogP contribution in [-0.2, 0) is 0 Å². The SMILES string of the molecule is Fc1ccc(N=Cc2cccnc2)cc1Cl. The summed E-state index contributed by atoms with van der Waals surface area (Å²) in [5, 5.41) is 0.0702. The second-order valence-electron chi connectivity index (χ2n) is 3.14. The first-order valence-corrected chi connectivity index (χ1v) is 5.02. The third-order valence-corrected chi connectivity index (χ3v) is 2.24. The van der Waals surface area contributed by atoms with Crippen LogP contribution < -0.4 is 0 Å². The molecule has 0 saturated heterocycles. The lowest BCUT2D eigenvalue weighted by Gasteiger charge is -1.96. The maximum atomic E-state index is 12.9. The molecule has 0 spiro atoms. The van der Waals surface area contributed by atoms with Crippen LogP contribution >= 0.6 is 11.6 Å². The molecule has 0 unspecified atom stereocenters. The quantitative estimate of drug-likeness (QED) is 0.729. The van der Waals surface area contributed by atoms with Gasteiger partial charge >= 0.3 is 0 Å². The van der Waals surface area contributed by atoms with Crippen molar-refractivity contribution in [1.29, 1.82) is 0 Å². The number of hydrogen-bond acceptors (Lipinski definition) is 2. The van der Waals surface area contributed by atoms with Crippen LogP contribution in [0.4, 0.5) is 10.1 Å². The molecular weight excluding hydrogens is 227 g/mol. The topological polar surface area (TPSA) is 25.2 Å². The highest BCUT2D eigenvalue weighted by Gasteiger charge is 1.98. The van der Waals surface area contributed by atoms with Gasteiger partial charge in [0.1, 0.15) is 5.82 Å². The van der Waals surface area contributed by atoms with Crippen LogP contribution in [0.1, 0.15) is 5.56 Å². The Kier molecular flexibility index (Phi) is 3.27. The van der Waals surface area contributed by atoms with Crippen molar-refractivity contribution in [2.45, 2.75) is 0 Å². The van der Waals surface area contributed by atoms with E-state index >= 15 is 0 Å². The van der Waals surface area contributed by atoms with Gasteiger partial charge in [0.05, 0.1) is 10.7 Å². The average molecular weight is 235 g/mol. The van der Waals surface area contributed by atoms with Crippen molar-refractivity contribution < 1.29 is 4.39 Å². The van der Waals surface area contributed by atoms with E-state index in [1.807, 2.05) is 12.1 Å². The van der Waals surface area contributed by atoms with Gasteiger partial charge in [0, 0.05) is 24.2 Å². The zero-order valence-corrected chi connectivity index (χ0v) is 9.03. The first kappa shape index (κ1) is 10.8. The minimum atomic E-state index is -0.443. The van der Waals surface area contributed by atoms with Gasteiger partial charge in [0.2, 0.25) is 0 Å². The molecule has 0 saturated carbocycles. The fraction of sp³-hybridized carbons (Fsp3) is 0. The van der Waals surface area contributed by atoms with Gasteiger partial charge in [-0.25, -0.2) is 4.39 Å². The summed E-state index contributed by atoms with van der Waals surface area (Å²) in [5.74, 6) is -0.443. The number of pyridine rings is 1. The van der Waals surface area contributed by atoms with Gasteiger partial charge in [-0.15, -0.1) is 0 Å². The molecule has 0 bridgehead atoms. The Morgan fingerprint density at radius 2 is 2.19 bits per heavy atom. The number of halogens is 2. The van der Waals surface area contributed by atoms with Gasteiger partial charge in [0.25, 0.3) is 0 Å². The maximum Gasteiger partial charge on any atom is 0.141 e. The molecule has 0 aliphatic carbocycles. The summed E-state index contributed by atoms with van der Waals surface area (Å²) < 4.78 is 12.9. The maximum absolute atomic E-state index is 12.9. The summed E-state index contributed by atoms with van der Waals surface area (Å²) in [7, 11) is 0. The molecule has 1 heterocycles. The molecular formula is C12H8ClFN2. The summed E-state index contributed by atoms with van der Waals surface area (Å²) in [4.78, 5) is 8.11. The van der Waals surface area contributed by atoms with E-state index in [0.29, 0.717) is 5.69 Å². The predicted molar refractivity (Wildman–Crippen MR) is 62.9 cm³/mol. The molecule has 2 nitrogen and oxygen atoms in total. The third-order valence-electron chi connectivity index (χ3n) is 1.95. The fourth-order valence-corrected chi connectivity index (χ4v) is 1.34. The average Bonchev–Trinajstić information content (AvgIpc) is 2.32. The van der Waals surface area contributed by atoms with E-state index in [1.165, 1.54) is 12.1 Å². The van der Waals surface area contributed by atoms with E-state index in [9.17, 15) is 4.39 Å². The van der Waals surface area contributed by atoms with Crippen LogP contribution in [0.5, 0.6) is 0 Å². The number of rotatable bonds is 2. The zero-order valence-electron chi connectivity index (χ0n) is 8.27. The van der Waals surface area contributed by atoms with Gasteiger partial charge in [-0.05, 0) is 24.3 Å². The first-order valence-electron chi connectivity index (χ1n) is 4.65. The Labute approximate surface area is 97.4 Å². The Balaban J connectivity index is 2.21. The lowest BCUT2D eigenvalue weighted by molar-refractivity contribution is 0.628. The molecule has 0 N–H and O–H groups in total. The number of hydrogen-bond donors (Lipinski definition) is 0. The second kappa shape index (κ2) is 4.86. The molecule has 0 aliphatic heterocycles. The van der Waals surface area contributed by atoms with Crippen LogP contribution in [-0.4, -0.2) is 11.2 Å². The highest BCUT2D eigenvalue weighted by Crippen LogP contribution is 2.21. The Hall–Kier alpha value is -1.74. The van der Waals surface area contributed by atoms with Crippen LogP contribution in [0.15, 0.2) is 47.7 Å². The third kappa shape index (κ3) is 2.64. The van der Waals surface area contributed by atoms with Crippen molar-refractivity contribution in [3.8, 4) is 0 Å². The van der Waals surface area contributed by atoms with Crippen LogP contribution in [0.3, 0.4) is 0 Å². The standard InChI is InChI=1S/C12H8ClFN2/c13-11-6-10(3-4-12(11)14)16-8-9-2-1-5-15-7-9/h1-8H. The number of benzene rings is 1. The summed E-state index contributed by atoms with van der Waals surface area (Å²) >= 11 is 5.63. The molecule has 0 amide bonds. The summed E-state index contributed by atoms with van der Waals surface area (Å²) in [6.07, 6.45) is 5.03. The van der Waals surface area contributed by atoms with E-state index in [2.05, 4.69) is 9.98 Å². The van der Waals surface area contributed by atoms with Crippen molar-refractivity contribution in [2.24, 2.45) is 4.99 Å². The van der Waals surface area contributed by atoms with Crippen molar-refractivity contribution in [3.05, 3.63) is 59.1 Å². The summed E-state index contributed by atoms with van der Waals surface area (Å²) in [6, 6.07) is 8.02. The molecule has 4 heteroatoms. The first-order chi connectivity index (χ1) is 7.75. The lowest BCUT2D eigenvalue weighted by Crippen LogP contribution is -1.81. The van der Waals surface area contributed by atoms with Gasteiger partial charge in [0.15, 0.2) is 0 Å². The van der Waals surface area contributed by atoms with Gasteiger partial charge in [-0.1, -0.05) is 17.7 Å². The van der Waals surface area contributed by atoms with Crippen molar-refractivity contribution >= 4 is 23.5 Å². The van der Waals surface area contributed by atoms with Crippen molar-refractivity contribution in [2.75, 3.05) is 0 Å². The number of aliphatic imine (C=N–C) groups is 1. The van der Waals surface area contributed by atoms with Crippen molar-refractivity contribution in [3.63, 3.8) is 0 Å². The molecule has 0 aliphatic rings. The molecule has 2 rings (SSSR count). The molecule has 1 aromatic heterocycles. The Bertz CT molecular complexity index is 512. The highest BCUT2D eigenvalue weighted by atomic mass is 35.5. The Morgan fingerprint density at radius 1 is 1.31 bits per heavy atom. The number of aromatic nitrogens is 1. The summed E-state index contributed by atoms with van der Waals surface area (Å²) in [5.41, 5.74) is 1.48. The minimum absolute atomic E-state index is 0.0702. The van der Waals surface area contributed by atoms with Gasteiger partial charge in [-0.2, -0.15) is 0 Å². The van der Waals surface area contributed by atoms with Crippen LogP contribution in [0.25, 0.3) is 0 Å². The Morgan fingerprint density at radius 3 is 2.88 bits per heavy atom. The van der Waals surface area contributed by atoms with Crippen LogP contribution in [0, 0.1) is 5.82 Å². The molecule has 80 valence electrons. The van der Waals surface area contributed by atoms with Crippen molar-refractivity contribution in [1.82, 2.24) is 4.98 Å². The van der Waals surface area contributed by atoms with E-state index in [1.54, 1.807) is 24.7 Å². The fourth-order valence-electron chi connectivity index (χ4n) is 1.17. The molecule has 0 fully saturated rings. The largest absolute Gasteiger partial charge is 0.264 e. The van der Waals surface area contributed by atoms with E-state index in [4.69, 9.17) is 11.6 Å². The molecule has 0 atom stereocenters. The van der Waals surface area contributed by atoms with E-state index in [-0.39, 0.29) is 5.02 Å². The molecule has 16 heavy (non-hydrogen) atoms.